The Morgan fingerprint density at radius 3 is 1.67 bits per heavy atom. The van der Waals surface area contributed by atoms with Gasteiger partial charge >= 0.3 is 0 Å². The average Bonchev–Trinajstić information content (AvgIpc) is 2.73. The van der Waals surface area contributed by atoms with E-state index >= 15 is 0 Å². The van der Waals surface area contributed by atoms with Gasteiger partial charge in [-0.15, -0.1) is 0 Å². The zero-order valence-electron chi connectivity index (χ0n) is 17.1. The van der Waals surface area contributed by atoms with Crippen LogP contribution in [0, 0.1) is 17.3 Å². The topological polar surface area (TPSA) is 91.5 Å². The number of fused-ring (bicyclic) bond motifs is 2. The van der Waals surface area contributed by atoms with E-state index in [0.717, 1.165) is 41.9 Å². The van der Waals surface area contributed by atoms with Crippen molar-refractivity contribution in [3.63, 3.8) is 0 Å². The van der Waals surface area contributed by atoms with Crippen molar-refractivity contribution in [3.05, 3.63) is 80.9 Å². The molecule has 2 unspecified atom stereocenters. The Labute approximate surface area is 173 Å². The molecule has 2 N–H and O–H groups in total. The number of aromatic nitrogens is 4. The molecule has 2 aromatic carbocycles. The van der Waals surface area contributed by atoms with E-state index in [1.165, 1.54) is 0 Å². The first-order valence-corrected chi connectivity index (χ1v) is 10.4. The zero-order valence-corrected chi connectivity index (χ0v) is 17.1. The molecular weight excluding hydrogens is 376 g/mol. The predicted molar refractivity (Wildman–Crippen MR) is 118 cm³/mol. The number of hydrogen-bond acceptors (Lipinski definition) is 4. The van der Waals surface area contributed by atoms with Crippen molar-refractivity contribution in [2.24, 2.45) is 17.3 Å². The molecule has 4 aromatic rings. The number of H-pyrrole nitrogens is 2. The number of nitrogens with one attached hydrogen (secondary N) is 2. The van der Waals surface area contributed by atoms with Gasteiger partial charge in [-0.05, 0) is 47.9 Å². The maximum atomic E-state index is 12.4. The fourth-order valence-corrected chi connectivity index (χ4v) is 4.75. The lowest BCUT2D eigenvalue weighted by molar-refractivity contribution is -0.0215. The van der Waals surface area contributed by atoms with Crippen LogP contribution in [0.1, 0.15) is 31.9 Å². The van der Waals surface area contributed by atoms with Gasteiger partial charge in [-0.1, -0.05) is 38.1 Å². The summed E-state index contributed by atoms with van der Waals surface area (Å²) in [6, 6.07) is 14.9. The third kappa shape index (κ3) is 3.12. The van der Waals surface area contributed by atoms with Gasteiger partial charge in [-0.3, -0.25) is 9.59 Å². The van der Waals surface area contributed by atoms with Crippen LogP contribution in [0.2, 0.25) is 0 Å². The highest BCUT2D eigenvalue weighted by atomic mass is 16.1. The van der Waals surface area contributed by atoms with E-state index in [2.05, 4.69) is 33.8 Å². The molecule has 0 amide bonds. The van der Waals surface area contributed by atoms with Gasteiger partial charge in [0, 0.05) is 12.8 Å². The molecule has 152 valence electrons. The number of para-hydroxylation sites is 2. The predicted octanol–water partition coefficient (Wildman–Crippen LogP) is 3.61. The van der Waals surface area contributed by atoms with E-state index in [0.29, 0.717) is 22.6 Å². The van der Waals surface area contributed by atoms with Crippen LogP contribution in [0.25, 0.3) is 21.8 Å². The lowest BCUT2D eigenvalue weighted by atomic mass is 9.53. The van der Waals surface area contributed by atoms with Gasteiger partial charge in [0.15, 0.2) is 0 Å². The summed E-state index contributed by atoms with van der Waals surface area (Å²) in [4.78, 5) is 39.9. The van der Waals surface area contributed by atoms with E-state index in [1.54, 1.807) is 12.1 Å². The van der Waals surface area contributed by atoms with Gasteiger partial charge in [0.25, 0.3) is 11.1 Å². The van der Waals surface area contributed by atoms with Crippen LogP contribution in [0.4, 0.5) is 0 Å². The monoisotopic (exact) mass is 400 g/mol. The van der Waals surface area contributed by atoms with Crippen molar-refractivity contribution in [2.45, 2.75) is 33.1 Å². The van der Waals surface area contributed by atoms with Gasteiger partial charge in [0.2, 0.25) is 0 Å². The molecule has 30 heavy (non-hydrogen) atoms. The molecule has 0 aliphatic heterocycles. The minimum absolute atomic E-state index is 0.0639. The highest BCUT2D eigenvalue weighted by molar-refractivity contribution is 5.77. The molecule has 1 fully saturated rings. The molecular formula is C24H24N4O2. The number of benzene rings is 2. The molecule has 0 saturated heterocycles. The molecule has 6 heteroatoms. The second-order valence-corrected chi connectivity index (χ2v) is 8.92. The van der Waals surface area contributed by atoms with Crippen molar-refractivity contribution in [1.29, 1.82) is 0 Å². The van der Waals surface area contributed by atoms with Crippen molar-refractivity contribution in [3.8, 4) is 0 Å². The van der Waals surface area contributed by atoms with Crippen LogP contribution in [-0.2, 0) is 12.8 Å². The van der Waals surface area contributed by atoms with E-state index in [-0.39, 0.29) is 16.5 Å². The maximum Gasteiger partial charge on any atom is 0.258 e. The fraction of sp³-hybridized carbons (Fsp3) is 0.333. The minimum Gasteiger partial charge on any atom is -0.310 e. The fourth-order valence-electron chi connectivity index (χ4n) is 4.75. The Morgan fingerprint density at radius 2 is 1.23 bits per heavy atom. The summed E-state index contributed by atoms with van der Waals surface area (Å²) in [6.45, 7) is 4.51. The first-order valence-electron chi connectivity index (χ1n) is 10.4. The number of nitrogens with zero attached hydrogens (tertiary/aromatic N) is 2. The molecule has 1 aliphatic rings. The molecule has 2 heterocycles. The minimum atomic E-state index is -0.0813. The van der Waals surface area contributed by atoms with Gasteiger partial charge in [0.1, 0.15) is 11.6 Å². The third-order valence-electron chi connectivity index (χ3n) is 6.88. The van der Waals surface area contributed by atoms with E-state index in [4.69, 9.17) is 0 Å². The standard InChI is InChI=1S/C24H24N4O2/c1-24(2)14(12-20-25-18-9-5-3-7-16(18)22(29)27-20)11-15(24)13-21-26-19-10-6-4-8-17(19)23(30)28-21/h3-10,14-15H,11-13H2,1-2H3,(H,25,27,29)(H,26,28,30). The molecule has 2 atom stereocenters. The smallest absolute Gasteiger partial charge is 0.258 e. The summed E-state index contributed by atoms with van der Waals surface area (Å²) in [7, 11) is 0. The second-order valence-electron chi connectivity index (χ2n) is 8.92. The van der Waals surface area contributed by atoms with Crippen molar-refractivity contribution >= 4 is 21.8 Å². The van der Waals surface area contributed by atoms with Gasteiger partial charge in [-0.25, -0.2) is 9.97 Å². The lowest BCUT2D eigenvalue weighted by Gasteiger charge is -2.52. The summed E-state index contributed by atoms with van der Waals surface area (Å²) in [5, 5.41) is 1.25. The van der Waals surface area contributed by atoms with Crippen LogP contribution < -0.4 is 11.1 Å². The molecule has 2 aromatic heterocycles. The summed E-state index contributed by atoms with van der Waals surface area (Å²) in [6.07, 6.45) is 2.50. The average molecular weight is 400 g/mol. The van der Waals surface area contributed by atoms with E-state index < -0.39 is 0 Å². The van der Waals surface area contributed by atoms with Gasteiger partial charge < -0.3 is 9.97 Å². The Bertz CT molecular complexity index is 1270. The summed E-state index contributed by atoms with van der Waals surface area (Å²) < 4.78 is 0. The number of aromatic amines is 2. The van der Waals surface area contributed by atoms with Crippen LogP contribution >= 0.6 is 0 Å². The van der Waals surface area contributed by atoms with Gasteiger partial charge in [0.05, 0.1) is 21.8 Å². The molecule has 0 bridgehead atoms. The van der Waals surface area contributed by atoms with E-state index in [9.17, 15) is 9.59 Å². The lowest BCUT2D eigenvalue weighted by Crippen LogP contribution is -2.47. The Hall–Kier alpha value is -3.28. The largest absolute Gasteiger partial charge is 0.310 e. The molecule has 5 rings (SSSR count). The molecule has 1 saturated carbocycles. The third-order valence-corrected chi connectivity index (χ3v) is 6.88. The highest BCUT2D eigenvalue weighted by Gasteiger charge is 2.48. The van der Waals surface area contributed by atoms with Crippen molar-refractivity contribution in [1.82, 2.24) is 19.9 Å². The zero-order chi connectivity index (χ0) is 20.9. The van der Waals surface area contributed by atoms with Crippen molar-refractivity contribution < 1.29 is 0 Å². The normalized spacial score (nSPS) is 20.3. The quantitative estimate of drug-likeness (QED) is 0.547. The van der Waals surface area contributed by atoms with Crippen molar-refractivity contribution in [2.75, 3.05) is 0 Å². The molecule has 6 nitrogen and oxygen atoms in total. The number of hydrogen-bond donors (Lipinski definition) is 2. The second kappa shape index (κ2) is 6.90. The Balaban J connectivity index is 1.34. The first-order chi connectivity index (χ1) is 14.4. The molecule has 0 radical (unpaired) electrons. The van der Waals surface area contributed by atoms with E-state index in [1.807, 2.05) is 36.4 Å². The molecule has 0 spiro atoms. The van der Waals surface area contributed by atoms with Crippen LogP contribution in [-0.4, -0.2) is 19.9 Å². The van der Waals surface area contributed by atoms with Crippen LogP contribution in [0.5, 0.6) is 0 Å². The van der Waals surface area contributed by atoms with Crippen LogP contribution in [0.3, 0.4) is 0 Å². The maximum absolute atomic E-state index is 12.4. The van der Waals surface area contributed by atoms with Crippen LogP contribution in [0.15, 0.2) is 58.1 Å². The summed E-state index contributed by atoms with van der Waals surface area (Å²) >= 11 is 0. The Morgan fingerprint density at radius 1 is 0.800 bits per heavy atom. The van der Waals surface area contributed by atoms with Gasteiger partial charge in [-0.2, -0.15) is 0 Å². The first kappa shape index (κ1) is 18.7. The summed E-state index contributed by atoms with van der Waals surface area (Å²) in [5.41, 5.74) is 1.38. The highest BCUT2D eigenvalue weighted by Crippen LogP contribution is 2.53. The molecule has 1 aliphatic carbocycles. The Kier molecular flexibility index (Phi) is 4.31. The summed E-state index contributed by atoms with van der Waals surface area (Å²) in [5.74, 6) is 2.32. The number of rotatable bonds is 4. The SMILES string of the molecule is CC1(C)C(Cc2nc3ccccc3c(=O)[nH]2)CC1Cc1nc2ccccc2c(=O)[nH]1.